The number of rotatable bonds is 8. The molecule has 0 aromatic carbocycles. The molecule has 1 aromatic rings. The van der Waals surface area contributed by atoms with Crippen LogP contribution < -0.4 is 5.32 Å². The number of carbonyl (C=O) groups is 3. The van der Waals surface area contributed by atoms with E-state index in [1.807, 2.05) is 13.8 Å². The van der Waals surface area contributed by atoms with Crippen LogP contribution in [0.4, 0.5) is 9.93 Å². The molecule has 1 N–H and O–H groups in total. The Morgan fingerprint density at radius 1 is 1.36 bits per heavy atom. The quantitative estimate of drug-likeness (QED) is 0.694. The Labute approximate surface area is 168 Å². The van der Waals surface area contributed by atoms with Crippen molar-refractivity contribution >= 4 is 34.3 Å². The molecular weight excluding hydrogens is 382 g/mol. The summed E-state index contributed by atoms with van der Waals surface area (Å²) in [5.74, 6) is -0.0532. The molecule has 10 heteroatoms. The van der Waals surface area contributed by atoms with Gasteiger partial charge in [0.1, 0.15) is 12.6 Å². The second-order valence-electron chi connectivity index (χ2n) is 7.53. The summed E-state index contributed by atoms with van der Waals surface area (Å²) in [7, 11) is 1.61. The standard InChI is InChI=1S/C18H27N5O4S/c1-12(2)8-14-16(25)21(5-6-27-3)9-13-10-22(18(26)23(13)14)11-15(24)20-17-19-4-7-28-17/h4,7,12-14H,5-6,8-11H2,1-3H3,(H,19,20,24)/t13-,14+/m1/s1. The zero-order valence-corrected chi connectivity index (χ0v) is 17.3. The summed E-state index contributed by atoms with van der Waals surface area (Å²) >= 11 is 1.33. The van der Waals surface area contributed by atoms with Gasteiger partial charge >= 0.3 is 6.03 Å². The first-order valence-corrected chi connectivity index (χ1v) is 10.3. The number of anilines is 1. The Balaban J connectivity index is 1.71. The van der Waals surface area contributed by atoms with Crippen LogP contribution in [0.25, 0.3) is 0 Å². The van der Waals surface area contributed by atoms with Crippen molar-refractivity contribution in [3.63, 3.8) is 0 Å². The monoisotopic (exact) mass is 409 g/mol. The summed E-state index contributed by atoms with van der Waals surface area (Å²) in [4.78, 5) is 47.3. The number of thiazole rings is 1. The predicted octanol–water partition coefficient (Wildman–Crippen LogP) is 1.09. The number of aromatic nitrogens is 1. The minimum atomic E-state index is -0.491. The fourth-order valence-electron chi connectivity index (χ4n) is 3.76. The van der Waals surface area contributed by atoms with E-state index in [9.17, 15) is 14.4 Å². The highest BCUT2D eigenvalue weighted by Gasteiger charge is 2.49. The molecule has 3 rings (SSSR count). The molecule has 9 nitrogen and oxygen atoms in total. The first-order valence-electron chi connectivity index (χ1n) is 9.45. The van der Waals surface area contributed by atoms with Crippen LogP contribution in [-0.2, 0) is 14.3 Å². The topological polar surface area (TPSA) is 95.1 Å². The van der Waals surface area contributed by atoms with Gasteiger partial charge in [0, 0.05) is 38.3 Å². The third-order valence-corrected chi connectivity index (χ3v) is 5.64. The smallest absolute Gasteiger partial charge is 0.321 e. The van der Waals surface area contributed by atoms with Gasteiger partial charge < -0.3 is 24.8 Å². The van der Waals surface area contributed by atoms with Gasteiger partial charge in [-0.3, -0.25) is 9.59 Å². The Kier molecular flexibility index (Phi) is 6.50. The minimum Gasteiger partial charge on any atom is -0.383 e. The maximum Gasteiger partial charge on any atom is 0.321 e. The van der Waals surface area contributed by atoms with Gasteiger partial charge in [0.25, 0.3) is 0 Å². The molecule has 2 atom stereocenters. The summed E-state index contributed by atoms with van der Waals surface area (Å²) in [6.07, 6.45) is 2.21. The molecule has 0 aliphatic carbocycles. The highest BCUT2D eigenvalue weighted by molar-refractivity contribution is 7.13. The van der Waals surface area contributed by atoms with Crippen molar-refractivity contribution in [2.24, 2.45) is 5.92 Å². The number of amides is 4. The molecule has 3 heterocycles. The predicted molar refractivity (Wildman–Crippen MR) is 105 cm³/mol. The lowest BCUT2D eigenvalue weighted by atomic mass is 9.97. The highest BCUT2D eigenvalue weighted by Crippen LogP contribution is 2.29. The fourth-order valence-corrected chi connectivity index (χ4v) is 4.31. The molecule has 1 aromatic heterocycles. The number of nitrogens with one attached hydrogen (secondary N) is 1. The summed E-state index contributed by atoms with van der Waals surface area (Å²) in [5.41, 5.74) is 0. The molecule has 0 saturated carbocycles. The van der Waals surface area contributed by atoms with Crippen LogP contribution in [0.15, 0.2) is 11.6 Å². The summed E-state index contributed by atoms with van der Waals surface area (Å²) < 4.78 is 5.12. The Morgan fingerprint density at radius 2 is 2.11 bits per heavy atom. The maximum absolute atomic E-state index is 13.0. The molecular formula is C18H27N5O4S. The number of hydrogen-bond acceptors (Lipinski definition) is 6. The molecule has 2 aliphatic rings. The number of piperazine rings is 1. The van der Waals surface area contributed by atoms with Crippen molar-refractivity contribution in [2.75, 3.05) is 45.2 Å². The van der Waals surface area contributed by atoms with Gasteiger partial charge in [-0.05, 0) is 12.3 Å². The van der Waals surface area contributed by atoms with E-state index in [0.717, 1.165) is 0 Å². The minimum absolute atomic E-state index is 0.0376. The van der Waals surface area contributed by atoms with Crippen molar-refractivity contribution < 1.29 is 19.1 Å². The van der Waals surface area contributed by atoms with Crippen molar-refractivity contribution in [1.29, 1.82) is 0 Å². The third-order valence-electron chi connectivity index (χ3n) is 4.95. The van der Waals surface area contributed by atoms with Gasteiger partial charge in [0.15, 0.2) is 5.13 Å². The van der Waals surface area contributed by atoms with Crippen LogP contribution in [0.2, 0.25) is 0 Å². The van der Waals surface area contributed by atoms with Crippen LogP contribution in [0, 0.1) is 5.92 Å². The number of hydrogen-bond donors (Lipinski definition) is 1. The van der Waals surface area contributed by atoms with Crippen molar-refractivity contribution in [3.8, 4) is 0 Å². The SMILES string of the molecule is COCCN1C[C@@H]2CN(CC(=O)Nc3nccs3)C(=O)N2[C@@H](CC(C)C)C1=O. The van der Waals surface area contributed by atoms with Crippen molar-refractivity contribution in [3.05, 3.63) is 11.6 Å². The zero-order chi connectivity index (χ0) is 20.3. The molecule has 0 unspecified atom stereocenters. The molecule has 0 spiro atoms. The number of fused-ring (bicyclic) bond motifs is 1. The van der Waals surface area contributed by atoms with Crippen LogP contribution >= 0.6 is 11.3 Å². The van der Waals surface area contributed by atoms with Crippen LogP contribution in [0.1, 0.15) is 20.3 Å². The molecule has 28 heavy (non-hydrogen) atoms. The van der Waals surface area contributed by atoms with Crippen LogP contribution in [0.5, 0.6) is 0 Å². The van der Waals surface area contributed by atoms with E-state index >= 15 is 0 Å². The lowest BCUT2D eigenvalue weighted by Gasteiger charge is -2.42. The molecule has 4 amide bonds. The largest absolute Gasteiger partial charge is 0.383 e. The number of ether oxygens (including phenoxy) is 1. The first kappa shape index (κ1) is 20.5. The van der Waals surface area contributed by atoms with E-state index in [0.29, 0.717) is 37.8 Å². The number of nitrogens with zero attached hydrogens (tertiary/aromatic N) is 4. The van der Waals surface area contributed by atoms with Crippen LogP contribution in [-0.4, -0.2) is 89.5 Å². The number of urea groups is 1. The Bertz CT molecular complexity index is 711. The van der Waals surface area contributed by atoms with E-state index in [4.69, 9.17) is 4.74 Å². The van der Waals surface area contributed by atoms with E-state index < -0.39 is 6.04 Å². The van der Waals surface area contributed by atoms with Gasteiger partial charge in [-0.2, -0.15) is 0 Å². The van der Waals surface area contributed by atoms with Gasteiger partial charge in [-0.1, -0.05) is 13.8 Å². The van der Waals surface area contributed by atoms with E-state index in [2.05, 4.69) is 10.3 Å². The Morgan fingerprint density at radius 3 is 2.75 bits per heavy atom. The van der Waals surface area contributed by atoms with E-state index in [1.165, 1.54) is 16.2 Å². The summed E-state index contributed by atoms with van der Waals surface area (Å²) in [6, 6.07) is -0.849. The molecule has 0 radical (unpaired) electrons. The zero-order valence-electron chi connectivity index (χ0n) is 16.5. The average molecular weight is 410 g/mol. The third kappa shape index (κ3) is 4.44. The average Bonchev–Trinajstić information content (AvgIpc) is 3.24. The van der Waals surface area contributed by atoms with Gasteiger partial charge in [-0.25, -0.2) is 9.78 Å². The fraction of sp³-hybridized carbons (Fsp3) is 0.667. The second-order valence-corrected chi connectivity index (χ2v) is 8.43. The van der Waals surface area contributed by atoms with Crippen molar-refractivity contribution in [1.82, 2.24) is 19.7 Å². The highest BCUT2D eigenvalue weighted by atomic mass is 32.1. The Hall–Kier alpha value is -2.20. The van der Waals surface area contributed by atoms with E-state index in [-0.39, 0.29) is 36.3 Å². The lowest BCUT2D eigenvalue weighted by molar-refractivity contribution is -0.143. The van der Waals surface area contributed by atoms with Crippen molar-refractivity contribution in [2.45, 2.75) is 32.4 Å². The molecule has 2 saturated heterocycles. The summed E-state index contributed by atoms with van der Waals surface area (Å²) in [5, 5.41) is 4.98. The molecule has 2 aliphatic heterocycles. The second kappa shape index (κ2) is 8.87. The molecule has 154 valence electrons. The number of methoxy groups -OCH3 is 1. The van der Waals surface area contributed by atoms with E-state index in [1.54, 1.807) is 28.5 Å². The molecule has 2 fully saturated rings. The first-order chi connectivity index (χ1) is 13.4. The maximum atomic E-state index is 13.0. The van der Waals surface area contributed by atoms with Gasteiger partial charge in [0.05, 0.1) is 12.6 Å². The normalized spacial score (nSPS) is 22.2. The van der Waals surface area contributed by atoms with Gasteiger partial charge in [0.2, 0.25) is 11.8 Å². The number of carbonyl (C=O) groups excluding carboxylic acids is 3. The molecule has 0 bridgehead atoms. The lowest BCUT2D eigenvalue weighted by Crippen LogP contribution is -2.61. The van der Waals surface area contributed by atoms with Crippen LogP contribution in [0.3, 0.4) is 0 Å². The van der Waals surface area contributed by atoms with Gasteiger partial charge in [-0.15, -0.1) is 11.3 Å². The summed E-state index contributed by atoms with van der Waals surface area (Å²) in [6.45, 7) is 5.88.